The highest BCUT2D eigenvalue weighted by Gasteiger charge is 2.39. The van der Waals surface area contributed by atoms with E-state index in [9.17, 15) is 13.2 Å². The molecule has 1 atom stereocenters. The van der Waals surface area contributed by atoms with E-state index in [1.807, 2.05) is 24.3 Å². The number of nitrogens with zero attached hydrogens (tertiary/aromatic N) is 1. The van der Waals surface area contributed by atoms with Gasteiger partial charge >= 0.3 is 0 Å². The fraction of sp³-hybridized carbons (Fsp3) is 0.296. The van der Waals surface area contributed by atoms with Crippen LogP contribution in [-0.2, 0) is 14.8 Å². The summed E-state index contributed by atoms with van der Waals surface area (Å²) in [5.74, 6) is 0.379. The monoisotopic (exact) mass is 556 g/mol. The molecule has 6 nitrogen and oxygen atoms in total. The summed E-state index contributed by atoms with van der Waals surface area (Å²) in [6, 6.07) is 22.5. The highest BCUT2D eigenvalue weighted by atomic mass is 79.9. The number of para-hydroxylation sites is 1. The van der Waals surface area contributed by atoms with Crippen molar-refractivity contribution in [2.75, 3.05) is 10.8 Å². The lowest BCUT2D eigenvalue weighted by atomic mass is 9.83. The van der Waals surface area contributed by atoms with E-state index in [-0.39, 0.29) is 29.0 Å². The first-order chi connectivity index (χ1) is 16.8. The van der Waals surface area contributed by atoms with E-state index in [0.29, 0.717) is 12.1 Å². The summed E-state index contributed by atoms with van der Waals surface area (Å²) < 4.78 is 35.4. The molecule has 3 aromatic carbocycles. The van der Waals surface area contributed by atoms with Crippen molar-refractivity contribution in [3.63, 3.8) is 0 Å². The van der Waals surface area contributed by atoms with Crippen molar-refractivity contribution < 1.29 is 17.9 Å². The van der Waals surface area contributed by atoms with Crippen LogP contribution in [0.25, 0.3) is 0 Å². The van der Waals surface area contributed by atoms with Gasteiger partial charge in [-0.1, -0.05) is 66.2 Å². The number of carbonyl (C=O) groups is 1. The molecular formula is C27H29BrN2O4S. The number of halogens is 1. The number of amides is 1. The standard InChI is InChI=1S/C27H29BrN2O4S/c1-3-27(4-2)18-24(23-12-8-9-13-25(23)34-27)29-26(31)19-30(21-16-14-20(28)15-17-21)35(32,33)22-10-6-5-7-11-22/h5-17,24H,3-4,18-19H2,1-2H3,(H,29,31). The fourth-order valence-corrected chi connectivity index (χ4v) is 6.15. The number of ether oxygens (including phenoxy) is 1. The van der Waals surface area contributed by atoms with E-state index in [4.69, 9.17) is 4.74 Å². The molecule has 0 aliphatic carbocycles. The molecule has 0 radical (unpaired) electrons. The van der Waals surface area contributed by atoms with Gasteiger partial charge in [-0.2, -0.15) is 0 Å². The highest BCUT2D eigenvalue weighted by Crippen LogP contribution is 2.42. The number of sulfonamides is 1. The predicted octanol–water partition coefficient (Wildman–Crippen LogP) is 5.84. The van der Waals surface area contributed by atoms with Crippen LogP contribution in [0.3, 0.4) is 0 Å². The Bertz CT molecular complexity index is 1280. The number of rotatable bonds is 8. The van der Waals surface area contributed by atoms with Crippen LogP contribution < -0.4 is 14.4 Å². The highest BCUT2D eigenvalue weighted by molar-refractivity contribution is 9.10. The van der Waals surface area contributed by atoms with Gasteiger partial charge in [-0.3, -0.25) is 9.10 Å². The summed E-state index contributed by atoms with van der Waals surface area (Å²) in [6.07, 6.45) is 2.22. The zero-order valence-corrected chi connectivity index (χ0v) is 22.2. The summed E-state index contributed by atoms with van der Waals surface area (Å²) in [6.45, 7) is 3.82. The van der Waals surface area contributed by atoms with Crippen LogP contribution in [0.4, 0.5) is 5.69 Å². The normalized spacial score (nSPS) is 16.6. The Hall–Kier alpha value is -2.84. The SMILES string of the molecule is CCC1(CC)CC(NC(=O)CN(c2ccc(Br)cc2)S(=O)(=O)c2ccccc2)c2ccccc2O1. The average molecular weight is 558 g/mol. The maximum absolute atomic E-state index is 13.6. The molecule has 1 unspecified atom stereocenters. The first-order valence-electron chi connectivity index (χ1n) is 11.7. The number of nitrogens with one attached hydrogen (secondary N) is 1. The van der Waals surface area contributed by atoms with Gasteiger partial charge in [-0.15, -0.1) is 0 Å². The van der Waals surface area contributed by atoms with Crippen molar-refractivity contribution in [3.8, 4) is 5.75 Å². The molecule has 0 saturated heterocycles. The Kier molecular flexibility index (Phi) is 7.52. The lowest BCUT2D eigenvalue weighted by Crippen LogP contribution is -2.47. The van der Waals surface area contributed by atoms with Crippen molar-refractivity contribution in [3.05, 3.63) is 88.9 Å². The molecule has 0 saturated carbocycles. The molecule has 3 aromatic rings. The number of anilines is 1. The van der Waals surface area contributed by atoms with Gasteiger partial charge in [0.25, 0.3) is 10.0 Å². The second-order valence-corrected chi connectivity index (χ2v) is 11.4. The van der Waals surface area contributed by atoms with Gasteiger partial charge in [-0.25, -0.2) is 8.42 Å². The molecule has 184 valence electrons. The molecule has 1 aliphatic rings. The van der Waals surface area contributed by atoms with E-state index < -0.39 is 10.0 Å². The van der Waals surface area contributed by atoms with Crippen LogP contribution in [0.2, 0.25) is 0 Å². The summed E-state index contributed by atoms with van der Waals surface area (Å²) in [7, 11) is -3.96. The smallest absolute Gasteiger partial charge is 0.264 e. The van der Waals surface area contributed by atoms with E-state index in [0.717, 1.165) is 32.9 Å². The molecule has 4 rings (SSSR count). The Labute approximate surface area is 215 Å². The van der Waals surface area contributed by atoms with Crippen LogP contribution in [0.15, 0.2) is 88.2 Å². The number of fused-ring (bicyclic) bond motifs is 1. The van der Waals surface area contributed by atoms with Crippen molar-refractivity contribution in [2.45, 2.75) is 49.6 Å². The third-order valence-electron chi connectivity index (χ3n) is 6.55. The lowest BCUT2D eigenvalue weighted by molar-refractivity contribution is -0.121. The maximum Gasteiger partial charge on any atom is 0.264 e. The fourth-order valence-electron chi connectivity index (χ4n) is 4.44. The van der Waals surface area contributed by atoms with Gasteiger partial charge in [0.2, 0.25) is 5.91 Å². The number of hydrogen-bond acceptors (Lipinski definition) is 4. The third kappa shape index (κ3) is 5.38. The Morgan fingerprint density at radius 2 is 1.63 bits per heavy atom. The molecule has 0 fully saturated rings. The second kappa shape index (κ2) is 10.4. The van der Waals surface area contributed by atoms with Crippen LogP contribution >= 0.6 is 15.9 Å². The van der Waals surface area contributed by atoms with E-state index in [2.05, 4.69) is 35.1 Å². The zero-order valence-electron chi connectivity index (χ0n) is 19.8. The molecule has 8 heteroatoms. The molecule has 35 heavy (non-hydrogen) atoms. The zero-order chi connectivity index (χ0) is 25.1. The molecule has 1 heterocycles. The first kappa shape index (κ1) is 25.3. The van der Waals surface area contributed by atoms with Crippen molar-refractivity contribution in [1.82, 2.24) is 5.32 Å². The summed E-state index contributed by atoms with van der Waals surface area (Å²) in [5, 5.41) is 3.10. The van der Waals surface area contributed by atoms with Crippen molar-refractivity contribution in [2.24, 2.45) is 0 Å². The molecule has 1 amide bonds. The minimum Gasteiger partial charge on any atom is -0.487 e. The summed E-state index contributed by atoms with van der Waals surface area (Å²) in [4.78, 5) is 13.5. The van der Waals surface area contributed by atoms with Gasteiger partial charge < -0.3 is 10.1 Å². The van der Waals surface area contributed by atoms with Crippen molar-refractivity contribution >= 4 is 37.5 Å². The van der Waals surface area contributed by atoms with Crippen LogP contribution in [0.5, 0.6) is 5.75 Å². The number of carbonyl (C=O) groups excluding carboxylic acids is 1. The van der Waals surface area contributed by atoms with Crippen LogP contribution in [0.1, 0.15) is 44.7 Å². The maximum atomic E-state index is 13.6. The second-order valence-electron chi connectivity index (χ2n) is 8.66. The first-order valence-corrected chi connectivity index (χ1v) is 13.9. The summed E-state index contributed by atoms with van der Waals surface area (Å²) >= 11 is 3.39. The molecular weight excluding hydrogens is 528 g/mol. The quantitative estimate of drug-likeness (QED) is 0.378. The Morgan fingerprint density at radius 3 is 2.29 bits per heavy atom. The van der Waals surface area contributed by atoms with Gasteiger partial charge in [0.05, 0.1) is 16.6 Å². The number of hydrogen-bond donors (Lipinski definition) is 1. The minimum atomic E-state index is -3.96. The van der Waals surface area contributed by atoms with Gasteiger partial charge in [-0.05, 0) is 55.3 Å². The Balaban J connectivity index is 1.64. The Morgan fingerprint density at radius 1 is 1.00 bits per heavy atom. The molecule has 0 bridgehead atoms. The number of benzene rings is 3. The third-order valence-corrected chi connectivity index (χ3v) is 8.87. The molecule has 0 spiro atoms. The predicted molar refractivity (Wildman–Crippen MR) is 141 cm³/mol. The van der Waals surface area contributed by atoms with E-state index in [1.165, 1.54) is 12.1 Å². The topological polar surface area (TPSA) is 75.7 Å². The molecule has 1 aliphatic heterocycles. The lowest BCUT2D eigenvalue weighted by Gasteiger charge is -2.41. The minimum absolute atomic E-state index is 0.128. The molecule has 1 N–H and O–H groups in total. The average Bonchev–Trinajstić information content (AvgIpc) is 2.88. The van der Waals surface area contributed by atoms with E-state index in [1.54, 1.807) is 42.5 Å². The van der Waals surface area contributed by atoms with Gasteiger partial charge in [0, 0.05) is 16.5 Å². The largest absolute Gasteiger partial charge is 0.487 e. The summed E-state index contributed by atoms with van der Waals surface area (Å²) in [5.41, 5.74) is 0.934. The van der Waals surface area contributed by atoms with Crippen molar-refractivity contribution in [1.29, 1.82) is 0 Å². The van der Waals surface area contributed by atoms with Gasteiger partial charge in [0.15, 0.2) is 0 Å². The van der Waals surface area contributed by atoms with Gasteiger partial charge in [0.1, 0.15) is 17.9 Å². The van der Waals surface area contributed by atoms with E-state index >= 15 is 0 Å². The molecule has 0 aromatic heterocycles. The van der Waals surface area contributed by atoms with Crippen LogP contribution in [-0.4, -0.2) is 26.5 Å². The van der Waals surface area contributed by atoms with Crippen LogP contribution in [0, 0.1) is 0 Å².